The van der Waals surface area contributed by atoms with E-state index in [-0.39, 0.29) is 5.56 Å². The highest BCUT2D eigenvalue weighted by atomic mass is 16.4. The van der Waals surface area contributed by atoms with Crippen LogP contribution in [0.4, 0.5) is 5.82 Å². The van der Waals surface area contributed by atoms with Crippen LogP contribution in [0, 0.1) is 6.92 Å². The zero-order valence-corrected chi connectivity index (χ0v) is 10.7. The highest BCUT2D eigenvalue weighted by Crippen LogP contribution is 2.14. The molecule has 0 aliphatic carbocycles. The lowest BCUT2D eigenvalue weighted by atomic mass is 10.1. The Bertz CT molecular complexity index is 391. The van der Waals surface area contributed by atoms with Crippen LogP contribution < -0.4 is 5.32 Å². The van der Waals surface area contributed by atoms with Gasteiger partial charge in [-0.2, -0.15) is 0 Å². The second kappa shape index (κ2) is 6.23. The molecular formula is C13H20N2O2. The second-order valence-electron chi connectivity index (χ2n) is 4.17. The molecule has 4 heteroatoms. The summed E-state index contributed by atoms with van der Waals surface area (Å²) >= 11 is 0. The van der Waals surface area contributed by atoms with Gasteiger partial charge in [0.2, 0.25) is 0 Å². The largest absolute Gasteiger partial charge is 0.478 e. The number of aromatic carboxylic acids is 1. The summed E-state index contributed by atoms with van der Waals surface area (Å²) in [5, 5.41) is 12.2. The van der Waals surface area contributed by atoms with Crippen molar-refractivity contribution in [3.8, 4) is 0 Å². The summed E-state index contributed by atoms with van der Waals surface area (Å²) in [6, 6.07) is 3.74. The molecule has 4 nitrogen and oxygen atoms in total. The van der Waals surface area contributed by atoms with Gasteiger partial charge >= 0.3 is 5.97 Å². The van der Waals surface area contributed by atoms with Gasteiger partial charge < -0.3 is 10.4 Å². The van der Waals surface area contributed by atoms with E-state index in [4.69, 9.17) is 5.11 Å². The lowest BCUT2D eigenvalue weighted by molar-refractivity contribution is 0.0695. The molecule has 0 aliphatic rings. The van der Waals surface area contributed by atoms with Gasteiger partial charge in [0, 0.05) is 6.04 Å². The maximum absolute atomic E-state index is 10.9. The third kappa shape index (κ3) is 3.73. The first-order chi connectivity index (χ1) is 8.08. The van der Waals surface area contributed by atoms with Gasteiger partial charge in [-0.25, -0.2) is 9.78 Å². The molecule has 2 N–H and O–H groups in total. The van der Waals surface area contributed by atoms with Crippen LogP contribution >= 0.6 is 0 Å². The highest BCUT2D eigenvalue weighted by molar-refractivity contribution is 5.89. The molecular weight excluding hydrogens is 216 g/mol. The summed E-state index contributed by atoms with van der Waals surface area (Å²) < 4.78 is 0. The van der Waals surface area contributed by atoms with Crippen LogP contribution in [-0.2, 0) is 0 Å². The molecule has 0 bridgehead atoms. The van der Waals surface area contributed by atoms with Gasteiger partial charge in [-0.15, -0.1) is 0 Å². The van der Waals surface area contributed by atoms with Crippen LogP contribution in [0.15, 0.2) is 12.1 Å². The molecule has 1 heterocycles. The second-order valence-corrected chi connectivity index (χ2v) is 4.17. The molecule has 0 aliphatic heterocycles. The number of nitrogens with zero attached hydrogens (tertiary/aromatic N) is 1. The Morgan fingerprint density at radius 1 is 1.47 bits per heavy atom. The maximum atomic E-state index is 10.9. The molecule has 17 heavy (non-hydrogen) atoms. The number of aromatic nitrogens is 1. The standard InChI is InChI=1S/C13H20N2O2/c1-4-6-10(5-2)15-12-8-7-11(13(16)17)9(3)14-12/h7-8,10H,4-6H2,1-3H3,(H,14,15)(H,16,17). The Morgan fingerprint density at radius 2 is 2.18 bits per heavy atom. The molecule has 1 unspecified atom stereocenters. The Labute approximate surface area is 102 Å². The Hall–Kier alpha value is -1.58. The molecule has 0 spiro atoms. The number of carboxylic acids is 1. The number of carbonyl (C=O) groups is 1. The molecule has 0 fully saturated rings. The topological polar surface area (TPSA) is 62.2 Å². The van der Waals surface area contributed by atoms with Crippen molar-refractivity contribution in [1.29, 1.82) is 0 Å². The summed E-state index contributed by atoms with van der Waals surface area (Å²) in [5.41, 5.74) is 0.813. The van der Waals surface area contributed by atoms with E-state index in [9.17, 15) is 4.79 Å². The Balaban J connectivity index is 2.79. The summed E-state index contributed by atoms with van der Waals surface area (Å²) in [5.74, 6) is -0.171. The Kier molecular flexibility index (Phi) is 4.94. The number of anilines is 1. The van der Waals surface area contributed by atoms with E-state index < -0.39 is 5.97 Å². The zero-order chi connectivity index (χ0) is 12.8. The van der Waals surface area contributed by atoms with E-state index in [2.05, 4.69) is 24.1 Å². The van der Waals surface area contributed by atoms with Crippen LogP contribution in [0.25, 0.3) is 0 Å². The fourth-order valence-corrected chi connectivity index (χ4v) is 1.80. The first-order valence-electron chi connectivity index (χ1n) is 6.06. The smallest absolute Gasteiger partial charge is 0.337 e. The van der Waals surface area contributed by atoms with E-state index >= 15 is 0 Å². The van der Waals surface area contributed by atoms with Crippen molar-refractivity contribution in [1.82, 2.24) is 4.98 Å². The van der Waals surface area contributed by atoms with Crippen molar-refractivity contribution in [2.24, 2.45) is 0 Å². The minimum Gasteiger partial charge on any atom is -0.478 e. The van der Waals surface area contributed by atoms with Crippen LogP contribution in [-0.4, -0.2) is 22.1 Å². The third-order valence-corrected chi connectivity index (χ3v) is 2.80. The number of hydrogen-bond donors (Lipinski definition) is 2. The monoisotopic (exact) mass is 236 g/mol. The van der Waals surface area contributed by atoms with Crippen LogP contribution in [0.1, 0.15) is 49.2 Å². The first kappa shape index (κ1) is 13.5. The maximum Gasteiger partial charge on any atom is 0.337 e. The van der Waals surface area contributed by atoms with Crippen LogP contribution in [0.5, 0.6) is 0 Å². The van der Waals surface area contributed by atoms with Gasteiger partial charge in [-0.05, 0) is 31.9 Å². The predicted octanol–water partition coefficient (Wildman–Crippen LogP) is 3.08. The van der Waals surface area contributed by atoms with E-state index in [1.807, 2.05) is 0 Å². The number of pyridine rings is 1. The Morgan fingerprint density at radius 3 is 2.65 bits per heavy atom. The fourth-order valence-electron chi connectivity index (χ4n) is 1.80. The molecule has 1 atom stereocenters. The molecule has 1 aromatic heterocycles. The normalized spacial score (nSPS) is 12.2. The third-order valence-electron chi connectivity index (χ3n) is 2.80. The minimum absolute atomic E-state index is 0.263. The van der Waals surface area contributed by atoms with E-state index in [1.54, 1.807) is 19.1 Å². The van der Waals surface area contributed by atoms with Crippen molar-refractivity contribution in [2.45, 2.75) is 46.1 Å². The van der Waals surface area contributed by atoms with Gasteiger partial charge in [0.25, 0.3) is 0 Å². The van der Waals surface area contributed by atoms with Gasteiger partial charge in [-0.3, -0.25) is 0 Å². The van der Waals surface area contributed by atoms with Crippen LogP contribution in [0.3, 0.4) is 0 Å². The lowest BCUT2D eigenvalue weighted by Gasteiger charge is -2.17. The van der Waals surface area contributed by atoms with E-state index in [1.165, 1.54) is 0 Å². The van der Waals surface area contributed by atoms with Crippen molar-refractivity contribution < 1.29 is 9.90 Å². The zero-order valence-electron chi connectivity index (χ0n) is 10.7. The molecule has 0 amide bonds. The average molecular weight is 236 g/mol. The summed E-state index contributed by atoms with van der Waals surface area (Å²) in [6.07, 6.45) is 3.25. The van der Waals surface area contributed by atoms with E-state index in [0.717, 1.165) is 25.1 Å². The molecule has 0 aromatic carbocycles. The number of rotatable bonds is 6. The summed E-state index contributed by atoms with van der Waals surface area (Å²) in [6.45, 7) is 6.00. The molecule has 0 saturated carbocycles. The van der Waals surface area contributed by atoms with Gasteiger partial charge in [0.05, 0.1) is 11.3 Å². The molecule has 0 saturated heterocycles. The fraction of sp³-hybridized carbons (Fsp3) is 0.538. The molecule has 1 aromatic rings. The lowest BCUT2D eigenvalue weighted by Crippen LogP contribution is -2.19. The first-order valence-corrected chi connectivity index (χ1v) is 6.06. The molecule has 0 radical (unpaired) electrons. The summed E-state index contributed by atoms with van der Waals surface area (Å²) in [4.78, 5) is 15.1. The van der Waals surface area contributed by atoms with Gasteiger partial charge in [0.1, 0.15) is 5.82 Å². The number of hydrogen-bond acceptors (Lipinski definition) is 3. The van der Waals surface area contributed by atoms with Gasteiger partial charge in [0.15, 0.2) is 0 Å². The molecule has 1 rings (SSSR count). The van der Waals surface area contributed by atoms with Crippen LogP contribution in [0.2, 0.25) is 0 Å². The highest BCUT2D eigenvalue weighted by Gasteiger charge is 2.10. The van der Waals surface area contributed by atoms with Crippen molar-refractivity contribution in [3.05, 3.63) is 23.4 Å². The van der Waals surface area contributed by atoms with Gasteiger partial charge in [-0.1, -0.05) is 20.3 Å². The quantitative estimate of drug-likeness (QED) is 0.796. The van der Waals surface area contributed by atoms with E-state index in [0.29, 0.717) is 11.7 Å². The number of aryl methyl sites for hydroxylation is 1. The SMILES string of the molecule is CCCC(CC)Nc1ccc(C(=O)O)c(C)n1. The number of carboxylic acid groups (broad SMARTS) is 1. The predicted molar refractivity (Wildman–Crippen MR) is 68.5 cm³/mol. The minimum atomic E-state index is -0.929. The average Bonchev–Trinajstić information content (AvgIpc) is 2.28. The van der Waals surface area contributed by atoms with Crippen molar-refractivity contribution in [2.75, 3.05) is 5.32 Å². The van der Waals surface area contributed by atoms with Crippen molar-refractivity contribution in [3.63, 3.8) is 0 Å². The summed E-state index contributed by atoms with van der Waals surface area (Å²) in [7, 11) is 0. The molecule has 94 valence electrons. The number of nitrogens with one attached hydrogen (secondary N) is 1. The van der Waals surface area contributed by atoms with Crippen molar-refractivity contribution >= 4 is 11.8 Å².